The summed E-state index contributed by atoms with van der Waals surface area (Å²) < 4.78 is 0. The molecule has 5 heteroatoms. The Morgan fingerprint density at radius 3 is 1.42 bits per heavy atom. The van der Waals surface area contributed by atoms with Gasteiger partial charge in [0.25, 0.3) is 0 Å². The van der Waals surface area contributed by atoms with Crippen LogP contribution < -0.4 is 0 Å². The van der Waals surface area contributed by atoms with E-state index < -0.39 is 0 Å². The number of hydrogen-bond donors (Lipinski definition) is 0. The lowest BCUT2D eigenvalue weighted by molar-refractivity contribution is -0.136. The lowest BCUT2D eigenvalue weighted by Gasteiger charge is -2.33. The van der Waals surface area contributed by atoms with Crippen molar-refractivity contribution < 1.29 is 9.59 Å². The number of piperazine rings is 1. The first kappa shape index (κ1) is 22.9. The number of amides is 2. The zero-order chi connectivity index (χ0) is 17.4. The molecule has 0 bridgehead atoms. The summed E-state index contributed by atoms with van der Waals surface area (Å²) in [6, 6.07) is 0. The minimum atomic E-state index is 0. The zero-order valence-corrected chi connectivity index (χ0v) is 15.7. The fraction of sp³-hybridized carbons (Fsp3) is 0.895. The van der Waals surface area contributed by atoms with Crippen molar-refractivity contribution >= 4 is 11.8 Å². The number of hydrogen-bond acceptors (Lipinski definition) is 3. The molecule has 0 aromatic heterocycles. The number of rotatable bonds is 2. The maximum atomic E-state index is 11.5. The van der Waals surface area contributed by atoms with Crippen LogP contribution in [0.1, 0.15) is 54.4 Å². The SMILES string of the molecule is C.CC(C)C(=O)N1CCCCC1.CC(C)C(=O)N1CCN(C)CC1. The first-order valence-electron chi connectivity index (χ1n) is 9.09. The highest BCUT2D eigenvalue weighted by atomic mass is 16.2. The molecule has 0 saturated carbocycles. The Kier molecular flexibility index (Phi) is 10.9. The Morgan fingerprint density at radius 2 is 1.04 bits per heavy atom. The first-order valence-corrected chi connectivity index (χ1v) is 9.09. The van der Waals surface area contributed by atoms with Crippen molar-refractivity contribution in [2.75, 3.05) is 46.3 Å². The topological polar surface area (TPSA) is 43.9 Å². The van der Waals surface area contributed by atoms with Crippen molar-refractivity contribution in [3.05, 3.63) is 0 Å². The van der Waals surface area contributed by atoms with Gasteiger partial charge in [-0.25, -0.2) is 0 Å². The molecule has 2 rings (SSSR count). The van der Waals surface area contributed by atoms with Gasteiger partial charge in [-0.1, -0.05) is 35.1 Å². The minimum Gasteiger partial charge on any atom is -0.342 e. The van der Waals surface area contributed by atoms with Gasteiger partial charge < -0.3 is 14.7 Å². The van der Waals surface area contributed by atoms with Crippen LogP contribution in [0.4, 0.5) is 0 Å². The average molecular weight is 342 g/mol. The molecule has 2 saturated heterocycles. The normalized spacial score (nSPS) is 18.8. The lowest BCUT2D eigenvalue weighted by Crippen LogP contribution is -2.48. The maximum Gasteiger partial charge on any atom is 0.225 e. The minimum absolute atomic E-state index is 0. The Hall–Kier alpha value is -1.10. The third-order valence-corrected chi connectivity index (χ3v) is 4.47. The van der Waals surface area contributed by atoms with E-state index in [-0.39, 0.29) is 19.3 Å². The third kappa shape index (κ3) is 7.65. The molecule has 0 aliphatic carbocycles. The number of carbonyl (C=O) groups is 2. The average Bonchev–Trinajstić information content (AvgIpc) is 2.55. The first-order chi connectivity index (χ1) is 10.8. The highest BCUT2D eigenvalue weighted by Gasteiger charge is 2.20. The molecular weight excluding hydrogens is 302 g/mol. The summed E-state index contributed by atoms with van der Waals surface area (Å²) in [5, 5.41) is 0. The van der Waals surface area contributed by atoms with E-state index in [0.717, 1.165) is 39.3 Å². The summed E-state index contributed by atoms with van der Waals surface area (Å²) in [7, 11) is 2.09. The molecule has 0 unspecified atom stereocenters. The van der Waals surface area contributed by atoms with Gasteiger partial charge in [-0.3, -0.25) is 9.59 Å². The van der Waals surface area contributed by atoms with Crippen LogP contribution in [-0.4, -0.2) is 72.8 Å². The van der Waals surface area contributed by atoms with Crippen molar-refractivity contribution in [3.8, 4) is 0 Å². The molecule has 0 N–H and O–H groups in total. The summed E-state index contributed by atoms with van der Waals surface area (Å²) in [5.41, 5.74) is 0. The Labute approximate surface area is 149 Å². The van der Waals surface area contributed by atoms with E-state index in [1.165, 1.54) is 19.3 Å². The van der Waals surface area contributed by atoms with E-state index in [4.69, 9.17) is 0 Å². The molecule has 0 aromatic carbocycles. The van der Waals surface area contributed by atoms with E-state index in [0.29, 0.717) is 11.8 Å². The third-order valence-electron chi connectivity index (χ3n) is 4.47. The largest absolute Gasteiger partial charge is 0.342 e. The molecule has 142 valence electrons. The monoisotopic (exact) mass is 341 g/mol. The van der Waals surface area contributed by atoms with Gasteiger partial charge in [-0.15, -0.1) is 0 Å². The zero-order valence-electron chi connectivity index (χ0n) is 15.7. The molecule has 0 spiro atoms. The fourth-order valence-electron chi connectivity index (χ4n) is 2.87. The van der Waals surface area contributed by atoms with Crippen LogP contribution >= 0.6 is 0 Å². The van der Waals surface area contributed by atoms with Gasteiger partial charge in [0.2, 0.25) is 11.8 Å². The number of carbonyl (C=O) groups excluding carboxylic acids is 2. The summed E-state index contributed by atoms with van der Waals surface area (Å²) in [4.78, 5) is 29.1. The number of likely N-dealkylation sites (N-methyl/N-ethyl adjacent to an activating group) is 1. The fourth-order valence-corrected chi connectivity index (χ4v) is 2.87. The molecule has 2 heterocycles. The Bertz CT molecular complexity index is 369. The van der Waals surface area contributed by atoms with E-state index in [2.05, 4.69) is 11.9 Å². The van der Waals surface area contributed by atoms with Crippen LogP contribution in [0.15, 0.2) is 0 Å². The Balaban J connectivity index is 0.000000425. The van der Waals surface area contributed by atoms with Crippen LogP contribution in [0.3, 0.4) is 0 Å². The quantitative estimate of drug-likeness (QED) is 0.776. The summed E-state index contributed by atoms with van der Waals surface area (Å²) >= 11 is 0. The van der Waals surface area contributed by atoms with Gasteiger partial charge in [0.15, 0.2) is 0 Å². The van der Waals surface area contributed by atoms with Crippen LogP contribution in [0.5, 0.6) is 0 Å². The smallest absolute Gasteiger partial charge is 0.225 e. The predicted molar refractivity (Wildman–Crippen MR) is 101 cm³/mol. The van der Waals surface area contributed by atoms with Crippen molar-refractivity contribution in [3.63, 3.8) is 0 Å². The van der Waals surface area contributed by atoms with E-state index in [1.807, 2.05) is 37.5 Å². The van der Waals surface area contributed by atoms with Crippen LogP contribution in [-0.2, 0) is 9.59 Å². The van der Waals surface area contributed by atoms with Crippen molar-refractivity contribution in [2.45, 2.75) is 54.4 Å². The van der Waals surface area contributed by atoms with E-state index >= 15 is 0 Å². The molecule has 0 radical (unpaired) electrons. The van der Waals surface area contributed by atoms with Gasteiger partial charge in [0.05, 0.1) is 0 Å². The Morgan fingerprint density at radius 1 is 0.667 bits per heavy atom. The molecule has 2 fully saturated rings. The highest BCUT2D eigenvalue weighted by molar-refractivity contribution is 5.78. The molecular formula is C19H39N3O2. The second kappa shape index (κ2) is 11.5. The predicted octanol–water partition coefficient (Wildman–Crippen LogP) is 2.71. The molecule has 2 amide bonds. The van der Waals surface area contributed by atoms with Crippen LogP contribution in [0, 0.1) is 11.8 Å². The molecule has 2 aliphatic heterocycles. The number of piperidine rings is 1. The van der Waals surface area contributed by atoms with Gasteiger partial charge in [0.1, 0.15) is 0 Å². The highest BCUT2D eigenvalue weighted by Crippen LogP contribution is 2.11. The number of likely N-dealkylation sites (tertiary alicyclic amines) is 1. The molecule has 0 atom stereocenters. The second-order valence-corrected chi connectivity index (χ2v) is 7.32. The lowest BCUT2D eigenvalue weighted by atomic mass is 10.1. The van der Waals surface area contributed by atoms with Crippen molar-refractivity contribution in [1.82, 2.24) is 14.7 Å². The summed E-state index contributed by atoms with van der Waals surface area (Å²) in [6.45, 7) is 13.6. The molecule has 24 heavy (non-hydrogen) atoms. The van der Waals surface area contributed by atoms with Crippen LogP contribution in [0.2, 0.25) is 0 Å². The summed E-state index contributed by atoms with van der Waals surface area (Å²) in [6.07, 6.45) is 3.68. The van der Waals surface area contributed by atoms with Gasteiger partial charge in [-0.05, 0) is 26.3 Å². The van der Waals surface area contributed by atoms with Crippen LogP contribution in [0.25, 0.3) is 0 Å². The van der Waals surface area contributed by atoms with Gasteiger partial charge >= 0.3 is 0 Å². The second-order valence-electron chi connectivity index (χ2n) is 7.32. The van der Waals surface area contributed by atoms with Gasteiger partial charge in [0, 0.05) is 51.1 Å². The van der Waals surface area contributed by atoms with Gasteiger partial charge in [-0.2, -0.15) is 0 Å². The van der Waals surface area contributed by atoms with E-state index in [9.17, 15) is 9.59 Å². The molecule has 2 aliphatic rings. The summed E-state index contributed by atoms with van der Waals surface area (Å²) in [5.74, 6) is 0.939. The maximum absolute atomic E-state index is 11.5. The standard InChI is InChI=1S/C9H18N2O.C9H17NO.CH4/c1-8(2)9(12)11-6-4-10(3)5-7-11;1-8(2)9(11)10-6-4-3-5-7-10;/h8H,4-7H2,1-3H3;8H,3-7H2,1-2H3;1H4. The molecule has 5 nitrogen and oxygen atoms in total. The number of nitrogens with zero attached hydrogens (tertiary/aromatic N) is 3. The van der Waals surface area contributed by atoms with Crippen molar-refractivity contribution in [2.24, 2.45) is 11.8 Å². The van der Waals surface area contributed by atoms with E-state index in [1.54, 1.807) is 0 Å². The molecule has 0 aromatic rings. The van der Waals surface area contributed by atoms with Crippen molar-refractivity contribution in [1.29, 1.82) is 0 Å².